The summed E-state index contributed by atoms with van der Waals surface area (Å²) in [5.74, 6) is 1.02. The van der Waals surface area contributed by atoms with Crippen LogP contribution in [0.1, 0.15) is 19.3 Å². The van der Waals surface area contributed by atoms with Crippen LogP contribution < -0.4 is 0 Å². The maximum absolute atomic E-state index is 12.6. The molecule has 0 saturated carbocycles. The van der Waals surface area contributed by atoms with Gasteiger partial charge in [-0.05, 0) is 25.1 Å². The number of amidine groups is 1. The van der Waals surface area contributed by atoms with E-state index in [4.69, 9.17) is 22.4 Å². The second-order valence-corrected chi connectivity index (χ2v) is 7.12. The number of amides is 2. The average molecular weight is 337 g/mol. The Bertz CT molecular complexity index is 371. The van der Waals surface area contributed by atoms with Gasteiger partial charge in [0.25, 0.3) is 6.02 Å². The van der Waals surface area contributed by atoms with Gasteiger partial charge >= 0.3 is 6.03 Å². The first-order chi connectivity index (χ1) is 9.49. The zero-order valence-electron chi connectivity index (χ0n) is 11.9. The van der Waals surface area contributed by atoms with Gasteiger partial charge in [0, 0.05) is 37.4 Å². The van der Waals surface area contributed by atoms with Gasteiger partial charge in [-0.3, -0.25) is 9.71 Å². The molecular weight excluding hydrogens is 316 g/mol. The van der Waals surface area contributed by atoms with Crippen LogP contribution in [0.3, 0.4) is 0 Å². The van der Waals surface area contributed by atoms with Gasteiger partial charge in [0.15, 0.2) is 5.11 Å². The molecule has 0 radical (unpaired) electrons. The monoisotopic (exact) mass is 336 g/mol. The third-order valence-corrected chi connectivity index (χ3v) is 5.59. The summed E-state index contributed by atoms with van der Waals surface area (Å²) in [4.78, 5) is 15.3. The molecule has 1 N–H and O–H groups in total. The lowest BCUT2D eigenvalue weighted by atomic mass is 10.2. The zero-order chi connectivity index (χ0) is 15.1. The lowest BCUT2D eigenvalue weighted by Crippen LogP contribution is -2.51. The largest absolute Gasteiger partial charge is 0.468 e. The smallest absolute Gasteiger partial charge is 0.345 e. The van der Waals surface area contributed by atoms with E-state index >= 15 is 0 Å². The number of nitrogens with zero attached hydrogens (tertiary/aromatic N) is 3. The van der Waals surface area contributed by atoms with Gasteiger partial charge in [0.05, 0.1) is 7.11 Å². The van der Waals surface area contributed by atoms with Crippen LogP contribution in [0.5, 0.6) is 0 Å². The first-order valence-corrected chi connectivity index (χ1v) is 8.92. The normalized spacial score (nSPS) is 15.8. The molecule has 1 aliphatic rings. The van der Waals surface area contributed by atoms with Crippen LogP contribution in [0.2, 0.25) is 0 Å². The molecule has 0 spiro atoms. The van der Waals surface area contributed by atoms with Crippen molar-refractivity contribution in [2.75, 3.05) is 33.5 Å². The first kappa shape index (κ1) is 17.4. The molecule has 0 aromatic heterocycles. The van der Waals surface area contributed by atoms with Gasteiger partial charge in [0.2, 0.25) is 0 Å². The van der Waals surface area contributed by atoms with E-state index in [2.05, 4.69) is 0 Å². The molecule has 20 heavy (non-hydrogen) atoms. The van der Waals surface area contributed by atoms with Crippen LogP contribution in [0.25, 0.3) is 0 Å². The molecule has 1 aliphatic heterocycles. The second kappa shape index (κ2) is 8.58. The van der Waals surface area contributed by atoms with Crippen molar-refractivity contribution in [2.45, 2.75) is 19.3 Å². The van der Waals surface area contributed by atoms with E-state index in [1.165, 1.54) is 24.5 Å². The predicted molar refractivity (Wildman–Crippen MR) is 88.9 cm³/mol. The molecule has 0 aliphatic carbocycles. The Morgan fingerprint density at radius 1 is 1.35 bits per heavy atom. The maximum Gasteiger partial charge on any atom is 0.345 e. The SMILES string of the molecule is COC(=N)N(C(=O)N1CCCCCSS1)C(=S)N(C)C. The number of hydrogen-bond donors (Lipinski definition) is 1. The number of carbonyl (C=O) groups is 1. The van der Waals surface area contributed by atoms with Crippen LogP contribution in [0.4, 0.5) is 4.79 Å². The minimum absolute atomic E-state index is 0.245. The lowest BCUT2D eigenvalue weighted by molar-refractivity contribution is 0.206. The summed E-state index contributed by atoms with van der Waals surface area (Å²) in [6, 6.07) is -0.587. The van der Waals surface area contributed by atoms with Crippen molar-refractivity contribution >= 4 is 51.2 Å². The molecule has 9 heteroatoms. The van der Waals surface area contributed by atoms with E-state index < -0.39 is 0 Å². The van der Waals surface area contributed by atoms with Crippen LogP contribution in [0, 0.1) is 5.41 Å². The summed E-state index contributed by atoms with van der Waals surface area (Å²) in [7, 11) is 7.90. The molecule has 0 bridgehead atoms. The van der Waals surface area contributed by atoms with Crippen LogP contribution in [-0.4, -0.2) is 64.8 Å². The highest BCUT2D eigenvalue weighted by atomic mass is 33.1. The summed E-state index contributed by atoms with van der Waals surface area (Å²) in [6.07, 6.45) is 3.24. The van der Waals surface area contributed by atoms with Gasteiger partial charge in [-0.1, -0.05) is 17.2 Å². The van der Waals surface area contributed by atoms with Crippen molar-refractivity contribution in [1.82, 2.24) is 14.1 Å². The van der Waals surface area contributed by atoms with E-state index in [0.29, 0.717) is 6.54 Å². The van der Waals surface area contributed by atoms with E-state index in [1.54, 1.807) is 34.1 Å². The Kier molecular flexibility index (Phi) is 7.46. The fourth-order valence-corrected chi connectivity index (χ4v) is 3.92. The molecule has 0 atom stereocenters. The molecular formula is C11H20N4O2S3. The number of hydrogen-bond acceptors (Lipinski definition) is 6. The topological polar surface area (TPSA) is 59.9 Å². The molecule has 1 fully saturated rings. The third-order valence-electron chi connectivity index (χ3n) is 2.61. The Hall–Kier alpha value is -0.670. The number of urea groups is 1. The van der Waals surface area contributed by atoms with Crippen LogP contribution >= 0.6 is 34.0 Å². The van der Waals surface area contributed by atoms with Gasteiger partial charge in [-0.2, -0.15) is 4.90 Å². The van der Waals surface area contributed by atoms with Crippen LogP contribution in [0.15, 0.2) is 0 Å². The molecule has 6 nitrogen and oxygen atoms in total. The summed E-state index contributed by atoms with van der Waals surface area (Å²) >= 11 is 5.22. The summed E-state index contributed by atoms with van der Waals surface area (Å²) < 4.78 is 6.53. The van der Waals surface area contributed by atoms with Gasteiger partial charge < -0.3 is 9.64 Å². The Morgan fingerprint density at radius 2 is 2.05 bits per heavy atom. The average Bonchev–Trinajstić information content (AvgIpc) is 2.37. The van der Waals surface area contributed by atoms with Crippen LogP contribution in [-0.2, 0) is 4.74 Å². The number of rotatable bonds is 0. The fraction of sp³-hybridized carbons (Fsp3) is 0.727. The van der Waals surface area contributed by atoms with Crippen molar-refractivity contribution in [2.24, 2.45) is 0 Å². The summed E-state index contributed by atoms with van der Waals surface area (Å²) in [5, 5.41) is 8.04. The molecule has 0 unspecified atom stereocenters. The van der Waals surface area contributed by atoms with Gasteiger partial charge in [-0.15, -0.1) is 0 Å². The number of thiocarbonyl (C=S) groups is 1. The van der Waals surface area contributed by atoms with E-state index in [0.717, 1.165) is 23.5 Å². The molecule has 0 aromatic rings. The number of ether oxygens (including phenoxy) is 1. The minimum Gasteiger partial charge on any atom is -0.468 e. The third kappa shape index (κ3) is 4.71. The van der Waals surface area contributed by atoms with E-state index in [9.17, 15) is 4.79 Å². The van der Waals surface area contributed by atoms with Crippen molar-refractivity contribution < 1.29 is 9.53 Å². The summed E-state index contributed by atoms with van der Waals surface area (Å²) in [6.45, 7) is 0.653. The first-order valence-electron chi connectivity index (χ1n) is 6.24. The highest BCUT2D eigenvalue weighted by molar-refractivity contribution is 8.75. The lowest BCUT2D eigenvalue weighted by Gasteiger charge is -2.31. The standard InChI is InChI=1S/C11H20N4O2S3/c1-13(2)11(18)15(9(12)17-3)10(16)14-7-5-4-6-8-19-20-14/h12H,4-8H2,1-3H3. The molecule has 2 amide bonds. The summed E-state index contributed by atoms with van der Waals surface area (Å²) in [5.41, 5.74) is 0. The zero-order valence-corrected chi connectivity index (χ0v) is 14.4. The quantitative estimate of drug-likeness (QED) is 0.241. The van der Waals surface area contributed by atoms with Crippen molar-refractivity contribution in [3.8, 4) is 0 Å². The Balaban J connectivity index is 2.85. The fourth-order valence-electron chi connectivity index (χ4n) is 1.52. The highest BCUT2D eigenvalue weighted by Crippen LogP contribution is 2.31. The van der Waals surface area contributed by atoms with Crippen molar-refractivity contribution in [1.29, 1.82) is 5.41 Å². The van der Waals surface area contributed by atoms with Crippen molar-refractivity contribution in [3.05, 3.63) is 0 Å². The molecule has 0 aromatic carbocycles. The molecule has 1 saturated heterocycles. The molecule has 1 rings (SSSR count). The number of methoxy groups -OCH3 is 1. The molecule has 114 valence electrons. The Morgan fingerprint density at radius 3 is 2.65 bits per heavy atom. The van der Waals surface area contributed by atoms with Gasteiger partial charge in [0.1, 0.15) is 0 Å². The Labute approximate surface area is 133 Å². The number of nitrogens with one attached hydrogen (secondary N) is 1. The maximum atomic E-state index is 12.6. The van der Waals surface area contributed by atoms with E-state index in [-0.39, 0.29) is 17.2 Å². The predicted octanol–water partition coefficient (Wildman–Crippen LogP) is 2.62. The minimum atomic E-state index is -0.324. The van der Waals surface area contributed by atoms with E-state index in [1.807, 2.05) is 0 Å². The molecule has 1 heterocycles. The number of carbonyl (C=O) groups excluding carboxylic acids is 1. The van der Waals surface area contributed by atoms with Gasteiger partial charge in [-0.25, -0.2) is 4.79 Å². The highest BCUT2D eigenvalue weighted by Gasteiger charge is 2.30. The van der Waals surface area contributed by atoms with Crippen molar-refractivity contribution in [3.63, 3.8) is 0 Å². The second-order valence-electron chi connectivity index (χ2n) is 4.36.